The first-order valence-electron chi connectivity index (χ1n) is 12.8. The van der Waals surface area contributed by atoms with Gasteiger partial charge in [-0.2, -0.15) is 0 Å². The van der Waals surface area contributed by atoms with E-state index >= 15 is 0 Å². The average Bonchev–Trinajstić information content (AvgIpc) is 2.84. The highest BCUT2D eigenvalue weighted by molar-refractivity contribution is 5.45. The summed E-state index contributed by atoms with van der Waals surface area (Å²) < 4.78 is 6.93. The van der Waals surface area contributed by atoms with E-state index in [0.717, 1.165) is 67.3 Å². The van der Waals surface area contributed by atoms with Gasteiger partial charge >= 0.3 is 0 Å². The number of aromatic hydroxyl groups is 1. The Morgan fingerprint density at radius 1 is 0.943 bits per heavy atom. The molecule has 0 fully saturated rings. The van der Waals surface area contributed by atoms with Gasteiger partial charge in [-0.25, -0.2) is 19.5 Å². The van der Waals surface area contributed by atoms with Crippen LogP contribution in [0.4, 0.5) is 0 Å². The summed E-state index contributed by atoms with van der Waals surface area (Å²) in [6.07, 6.45) is 9.82. The predicted octanol–water partition coefficient (Wildman–Crippen LogP) is 5.27. The number of phenolic OH excluding ortho intramolecular Hbond substituents is 1. The van der Waals surface area contributed by atoms with Gasteiger partial charge in [0.2, 0.25) is 5.95 Å². The van der Waals surface area contributed by atoms with Crippen LogP contribution in [0.1, 0.15) is 87.2 Å². The lowest BCUT2D eigenvalue weighted by atomic mass is 9.94. The molecule has 1 aromatic carbocycles. The first-order valence-corrected chi connectivity index (χ1v) is 12.8. The van der Waals surface area contributed by atoms with E-state index in [1.807, 2.05) is 26.0 Å². The van der Waals surface area contributed by atoms with Crippen molar-refractivity contribution in [3.63, 3.8) is 0 Å². The molecule has 188 valence electrons. The Bertz CT molecular complexity index is 1160. The second kappa shape index (κ2) is 12.5. The molecule has 3 rings (SSSR count). The molecule has 0 atom stereocenters. The summed E-state index contributed by atoms with van der Waals surface area (Å²) in [6.45, 7) is 10.6. The standard InChI is InChI=1S/C28H38N4O3/c1-6-10-13-25-24(16-20-14-21(11-7-2)26(33)22(15-20)12-8-3)27(34)32(19(5)31-25)28-29-17-23(18-30-28)35-9-4/h14-15,17-18,33H,6-13,16H2,1-5H3. The van der Waals surface area contributed by atoms with Gasteiger partial charge in [0.25, 0.3) is 5.56 Å². The molecule has 0 aliphatic rings. The number of aryl methyl sites for hydroxylation is 4. The largest absolute Gasteiger partial charge is 0.507 e. The molecule has 0 saturated carbocycles. The van der Waals surface area contributed by atoms with E-state index in [1.165, 1.54) is 4.57 Å². The minimum atomic E-state index is -0.144. The maximum atomic E-state index is 13.8. The van der Waals surface area contributed by atoms with E-state index in [4.69, 9.17) is 9.72 Å². The van der Waals surface area contributed by atoms with Crippen LogP contribution in [0, 0.1) is 6.92 Å². The third kappa shape index (κ3) is 6.27. The molecule has 3 aromatic rings. The first kappa shape index (κ1) is 26.4. The zero-order chi connectivity index (χ0) is 25.4. The monoisotopic (exact) mass is 478 g/mol. The molecular weight excluding hydrogens is 440 g/mol. The van der Waals surface area contributed by atoms with E-state index in [-0.39, 0.29) is 11.5 Å². The Labute approximate surface area is 208 Å². The normalized spacial score (nSPS) is 11.1. The second-order valence-electron chi connectivity index (χ2n) is 8.92. The molecule has 0 unspecified atom stereocenters. The van der Waals surface area contributed by atoms with Gasteiger partial charge in [-0.15, -0.1) is 0 Å². The van der Waals surface area contributed by atoms with Crippen LogP contribution in [-0.2, 0) is 25.7 Å². The molecule has 0 saturated heterocycles. The number of hydrogen-bond acceptors (Lipinski definition) is 6. The summed E-state index contributed by atoms with van der Waals surface area (Å²) in [5, 5.41) is 10.8. The molecule has 0 radical (unpaired) electrons. The molecule has 0 aliphatic heterocycles. The highest BCUT2D eigenvalue weighted by Gasteiger charge is 2.19. The highest BCUT2D eigenvalue weighted by atomic mass is 16.5. The lowest BCUT2D eigenvalue weighted by Gasteiger charge is -2.16. The molecule has 0 bridgehead atoms. The minimum absolute atomic E-state index is 0.144. The predicted molar refractivity (Wildman–Crippen MR) is 139 cm³/mol. The van der Waals surface area contributed by atoms with Gasteiger partial charge in [0.1, 0.15) is 11.6 Å². The highest BCUT2D eigenvalue weighted by Crippen LogP contribution is 2.28. The number of aromatic nitrogens is 4. The summed E-state index contributed by atoms with van der Waals surface area (Å²) in [6, 6.07) is 4.08. The van der Waals surface area contributed by atoms with Crippen molar-refractivity contribution < 1.29 is 9.84 Å². The Morgan fingerprint density at radius 2 is 1.57 bits per heavy atom. The first-order chi connectivity index (χ1) is 16.9. The Morgan fingerprint density at radius 3 is 2.11 bits per heavy atom. The number of nitrogens with zero attached hydrogens (tertiary/aromatic N) is 4. The van der Waals surface area contributed by atoms with E-state index in [2.05, 4.69) is 30.7 Å². The van der Waals surface area contributed by atoms with Crippen molar-refractivity contribution in [1.82, 2.24) is 19.5 Å². The van der Waals surface area contributed by atoms with Crippen molar-refractivity contribution in [2.75, 3.05) is 6.61 Å². The van der Waals surface area contributed by atoms with Crippen LogP contribution >= 0.6 is 0 Å². The topological polar surface area (TPSA) is 90.1 Å². The van der Waals surface area contributed by atoms with Crippen LogP contribution in [-0.4, -0.2) is 31.2 Å². The van der Waals surface area contributed by atoms with Gasteiger partial charge in [0, 0.05) is 12.0 Å². The fourth-order valence-corrected chi connectivity index (χ4v) is 4.41. The van der Waals surface area contributed by atoms with E-state index in [9.17, 15) is 9.90 Å². The molecule has 0 aliphatic carbocycles. The van der Waals surface area contributed by atoms with Crippen LogP contribution in [0.2, 0.25) is 0 Å². The van der Waals surface area contributed by atoms with E-state index < -0.39 is 0 Å². The number of unbranched alkanes of at least 4 members (excludes halogenated alkanes) is 1. The molecular formula is C28H38N4O3. The molecule has 1 N–H and O–H groups in total. The minimum Gasteiger partial charge on any atom is -0.507 e. The second-order valence-corrected chi connectivity index (χ2v) is 8.92. The number of phenols is 1. The fraction of sp³-hybridized carbons (Fsp3) is 0.500. The van der Waals surface area contributed by atoms with E-state index in [1.54, 1.807) is 12.4 Å². The summed E-state index contributed by atoms with van der Waals surface area (Å²) in [4.78, 5) is 27.4. The summed E-state index contributed by atoms with van der Waals surface area (Å²) >= 11 is 0. The van der Waals surface area contributed by atoms with Crippen molar-refractivity contribution in [1.29, 1.82) is 0 Å². The number of rotatable bonds is 12. The van der Waals surface area contributed by atoms with Gasteiger partial charge in [-0.1, -0.05) is 52.2 Å². The lowest BCUT2D eigenvalue weighted by Crippen LogP contribution is -2.29. The molecule has 0 amide bonds. The summed E-state index contributed by atoms with van der Waals surface area (Å²) in [5.41, 5.74) is 4.26. The van der Waals surface area contributed by atoms with Gasteiger partial charge in [-0.05, 0) is 56.2 Å². The molecule has 2 aromatic heterocycles. The van der Waals surface area contributed by atoms with Crippen LogP contribution in [0.25, 0.3) is 5.95 Å². The zero-order valence-corrected chi connectivity index (χ0v) is 21.7. The molecule has 35 heavy (non-hydrogen) atoms. The fourth-order valence-electron chi connectivity index (χ4n) is 4.41. The summed E-state index contributed by atoms with van der Waals surface area (Å²) in [7, 11) is 0. The van der Waals surface area contributed by atoms with Crippen LogP contribution in [0.15, 0.2) is 29.3 Å². The van der Waals surface area contributed by atoms with Crippen molar-refractivity contribution in [2.45, 2.75) is 86.0 Å². The van der Waals surface area contributed by atoms with E-state index in [0.29, 0.717) is 35.9 Å². The zero-order valence-electron chi connectivity index (χ0n) is 21.7. The number of hydrogen-bond donors (Lipinski definition) is 1. The maximum absolute atomic E-state index is 13.8. The Kier molecular flexibility index (Phi) is 9.40. The van der Waals surface area contributed by atoms with Crippen LogP contribution in [0.3, 0.4) is 0 Å². The van der Waals surface area contributed by atoms with Gasteiger partial charge in [-0.3, -0.25) is 4.79 Å². The average molecular weight is 479 g/mol. The molecule has 2 heterocycles. The molecule has 7 nitrogen and oxygen atoms in total. The van der Waals surface area contributed by atoms with Crippen molar-refractivity contribution >= 4 is 0 Å². The van der Waals surface area contributed by atoms with Crippen LogP contribution < -0.4 is 10.3 Å². The van der Waals surface area contributed by atoms with Gasteiger partial charge < -0.3 is 9.84 Å². The van der Waals surface area contributed by atoms with Crippen molar-refractivity contribution in [2.24, 2.45) is 0 Å². The van der Waals surface area contributed by atoms with Crippen LogP contribution in [0.5, 0.6) is 11.5 Å². The Balaban J connectivity index is 2.12. The summed E-state index contributed by atoms with van der Waals surface area (Å²) in [5.74, 6) is 1.81. The van der Waals surface area contributed by atoms with Gasteiger partial charge in [0.15, 0.2) is 5.75 Å². The maximum Gasteiger partial charge on any atom is 0.264 e. The Hall–Kier alpha value is -3.22. The SMILES string of the molecule is CCCCc1nc(C)n(-c2ncc(OCC)cn2)c(=O)c1Cc1cc(CCC)c(O)c(CCC)c1. The third-order valence-electron chi connectivity index (χ3n) is 6.07. The van der Waals surface area contributed by atoms with Crippen molar-refractivity contribution in [3.05, 3.63) is 68.7 Å². The van der Waals surface area contributed by atoms with Gasteiger partial charge in [0.05, 0.1) is 24.7 Å². The lowest BCUT2D eigenvalue weighted by molar-refractivity contribution is 0.337. The molecule has 7 heteroatoms. The van der Waals surface area contributed by atoms with Crippen molar-refractivity contribution in [3.8, 4) is 17.4 Å². The smallest absolute Gasteiger partial charge is 0.264 e. The number of benzene rings is 1. The third-order valence-corrected chi connectivity index (χ3v) is 6.07. The molecule has 0 spiro atoms. The number of ether oxygens (including phenoxy) is 1. The quantitative estimate of drug-likeness (QED) is 0.381.